The van der Waals surface area contributed by atoms with Crippen molar-refractivity contribution in [2.75, 3.05) is 11.4 Å². The van der Waals surface area contributed by atoms with Crippen molar-refractivity contribution in [3.63, 3.8) is 0 Å². The number of thiazole rings is 1. The Morgan fingerprint density at radius 3 is 2.34 bits per heavy atom. The van der Waals surface area contributed by atoms with Gasteiger partial charge in [-0.1, -0.05) is 66.7 Å². The number of pyridine rings is 1. The van der Waals surface area contributed by atoms with Gasteiger partial charge in [0.15, 0.2) is 5.13 Å². The van der Waals surface area contributed by atoms with E-state index in [1.807, 2.05) is 73.0 Å². The number of aryl methyl sites for hydroxylation is 1. The predicted octanol–water partition coefficient (Wildman–Crippen LogP) is 5.40. The molecule has 0 aliphatic carbocycles. The molecule has 2 aromatic carbocycles. The summed E-state index contributed by atoms with van der Waals surface area (Å²) in [6, 6.07) is 25.7. The molecule has 0 saturated carbocycles. The van der Waals surface area contributed by atoms with E-state index in [-0.39, 0.29) is 5.91 Å². The van der Waals surface area contributed by atoms with Crippen LogP contribution < -0.4 is 4.90 Å². The van der Waals surface area contributed by atoms with Gasteiger partial charge in [-0.2, -0.15) is 0 Å². The van der Waals surface area contributed by atoms with Gasteiger partial charge in [-0.05, 0) is 31.0 Å². The molecular weight excluding hydrogens is 378 g/mol. The number of nitrogens with zero attached hydrogens (tertiary/aromatic N) is 3. The van der Waals surface area contributed by atoms with Crippen molar-refractivity contribution in [1.82, 2.24) is 9.97 Å². The summed E-state index contributed by atoms with van der Waals surface area (Å²) in [4.78, 5) is 24.2. The minimum atomic E-state index is -0.126. The molecule has 5 heteroatoms. The fourth-order valence-electron chi connectivity index (χ4n) is 3.10. The van der Waals surface area contributed by atoms with Crippen molar-refractivity contribution in [2.24, 2.45) is 0 Å². The lowest BCUT2D eigenvalue weighted by Gasteiger charge is -2.20. The van der Waals surface area contributed by atoms with Crippen molar-refractivity contribution in [3.8, 4) is 11.3 Å². The third-order valence-electron chi connectivity index (χ3n) is 4.61. The van der Waals surface area contributed by atoms with Crippen LogP contribution in [0.4, 0.5) is 5.13 Å². The molecule has 4 nitrogen and oxygen atoms in total. The summed E-state index contributed by atoms with van der Waals surface area (Å²) in [5.74, 6) is -0.126. The van der Waals surface area contributed by atoms with Gasteiger partial charge in [-0.25, -0.2) is 9.97 Å². The molecule has 29 heavy (non-hydrogen) atoms. The molecular formula is C24H21N3OS. The van der Waals surface area contributed by atoms with Crippen LogP contribution in [0.15, 0.2) is 84.2 Å². The molecule has 0 atom stereocenters. The maximum absolute atomic E-state index is 13.3. The van der Waals surface area contributed by atoms with Gasteiger partial charge in [0.2, 0.25) is 0 Å². The van der Waals surface area contributed by atoms with Gasteiger partial charge in [-0.15, -0.1) is 11.3 Å². The average Bonchev–Trinajstić information content (AvgIpc) is 3.25. The van der Waals surface area contributed by atoms with Gasteiger partial charge in [0.05, 0.1) is 5.69 Å². The van der Waals surface area contributed by atoms with Gasteiger partial charge in [0.1, 0.15) is 5.69 Å². The van der Waals surface area contributed by atoms with Gasteiger partial charge in [0.25, 0.3) is 5.91 Å². The van der Waals surface area contributed by atoms with Crippen LogP contribution in [-0.2, 0) is 6.42 Å². The van der Waals surface area contributed by atoms with Crippen LogP contribution in [-0.4, -0.2) is 22.4 Å². The molecule has 0 aliphatic heterocycles. The van der Waals surface area contributed by atoms with Gasteiger partial charge >= 0.3 is 0 Å². The average molecular weight is 400 g/mol. The zero-order chi connectivity index (χ0) is 20.1. The summed E-state index contributed by atoms with van der Waals surface area (Å²) < 4.78 is 0. The number of anilines is 1. The van der Waals surface area contributed by atoms with E-state index >= 15 is 0 Å². The maximum atomic E-state index is 13.3. The molecule has 2 heterocycles. The van der Waals surface area contributed by atoms with Crippen LogP contribution >= 0.6 is 11.3 Å². The number of carbonyl (C=O) groups excluding carboxylic acids is 1. The molecule has 0 fully saturated rings. The minimum absolute atomic E-state index is 0.126. The second kappa shape index (κ2) is 8.80. The van der Waals surface area contributed by atoms with E-state index in [1.54, 1.807) is 11.0 Å². The van der Waals surface area contributed by atoms with Crippen molar-refractivity contribution in [1.29, 1.82) is 0 Å². The number of rotatable bonds is 6. The number of hydrogen-bond acceptors (Lipinski definition) is 4. The SMILES string of the molecule is Cc1cccc(C(=O)N(CCc2ccccc2)c2nc(-c3ccccc3)cs2)n1. The zero-order valence-corrected chi connectivity index (χ0v) is 17.0. The number of aromatic nitrogens is 2. The topological polar surface area (TPSA) is 46.1 Å². The van der Waals surface area contributed by atoms with Crippen molar-refractivity contribution < 1.29 is 4.79 Å². The summed E-state index contributed by atoms with van der Waals surface area (Å²) in [5, 5.41) is 2.69. The fraction of sp³-hybridized carbons (Fsp3) is 0.125. The molecule has 0 radical (unpaired) electrons. The Hall–Kier alpha value is -3.31. The summed E-state index contributed by atoms with van der Waals surface area (Å²) >= 11 is 1.48. The lowest BCUT2D eigenvalue weighted by atomic mass is 10.1. The number of carbonyl (C=O) groups is 1. The Kier molecular flexibility index (Phi) is 5.77. The first kappa shape index (κ1) is 19.0. The molecule has 2 aromatic heterocycles. The molecule has 0 saturated heterocycles. The second-order valence-corrected chi connectivity index (χ2v) is 7.57. The van der Waals surface area contributed by atoms with E-state index in [9.17, 15) is 4.79 Å². The van der Waals surface area contributed by atoms with E-state index in [0.717, 1.165) is 23.4 Å². The Labute approximate surface area is 174 Å². The molecule has 0 unspecified atom stereocenters. The molecule has 0 spiro atoms. The Bertz CT molecular complexity index is 1090. The highest BCUT2D eigenvalue weighted by molar-refractivity contribution is 7.14. The standard InChI is InChI=1S/C24H21N3OS/c1-18-9-8-14-21(25-18)23(28)27(16-15-19-10-4-2-5-11-19)24-26-22(17-29-24)20-12-6-3-7-13-20/h2-14,17H,15-16H2,1H3. The smallest absolute Gasteiger partial charge is 0.278 e. The third-order valence-corrected chi connectivity index (χ3v) is 5.48. The van der Waals surface area contributed by atoms with Crippen LogP contribution in [0, 0.1) is 6.92 Å². The molecule has 0 aliphatic rings. The lowest BCUT2D eigenvalue weighted by molar-refractivity contribution is 0.0982. The molecule has 4 rings (SSSR count). The third kappa shape index (κ3) is 4.58. The van der Waals surface area contributed by atoms with Crippen LogP contribution in [0.2, 0.25) is 0 Å². The maximum Gasteiger partial charge on any atom is 0.278 e. The van der Waals surface area contributed by atoms with Gasteiger partial charge in [-0.3, -0.25) is 9.69 Å². The Morgan fingerprint density at radius 2 is 1.62 bits per heavy atom. The van der Waals surface area contributed by atoms with Crippen LogP contribution in [0.3, 0.4) is 0 Å². The van der Waals surface area contributed by atoms with E-state index < -0.39 is 0 Å². The van der Waals surface area contributed by atoms with E-state index in [0.29, 0.717) is 17.4 Å². The lowest BCUT2D eigenvalue weighted by Crippen LogP contribution is -2.33. The molecule has 4 aromatic rings. The summed E-state index contributed by atoms with van der Waals surface area (Å²) in [7, 11) is 0. The van der Waals surface area contributed by atoms with E-state index in [2.05, 4.69) is 17.1 Å². The van der Waals surface area contributed by atoms with Crippen LogP contribution in [0.25, 0.3) is 11.3 Å². The first-order chi connectivity index (χ1) is 14.2. The first-order valence-electron chi connectivity index (χ1n) is 9.51. The first-order valence-corrected chi connectivity index (χ1v) is 10.4. The number of hydrogen-bond donors (Lipinski definition) is 0. The molecule has 0 bridgehead atoms. The van der Waals surface area contributed by atoms with Crippen LogP contribution in [0.1, 0.15) is 21.7 Å². The highest BCUT2D eigenvalue weighted by atomic mass is 32.1. The predicted molar refractivity (Wildman–Crippen MR) is 118 cm³/mol. The largest absolute Gasteiger partial charge is 0.282 e. The van der Waals surface area contributed by atoms with E-state index in [1.165, 1.54) is 16.9 Å². The minimum Gasteiger partial charge on any atom is -0.282 e. The summed E-state index contributed by atoms with van der Waals surface area (Å²) in [5.41, 5.74) is 4.36. The van der Waals surface area contributed by atoms with Gasteiger partial charge < -0.3 is 0 Å². The highest BCUT2D eigenvalue weighted by Gasteiger charge is 2.22. The Balaban J connectivity index is 1.64. The molecule has 1 amide bonds. The zero-order valence-electron chi connectivity index (χ0n) is 16.2. The van der Waals surface area contributed by atoms with Crippen LogP contribution in [0.5, 0.6) is 0 Å². The number of benzene rings is 2. The normalized spacial score (nSPS) is 10.7. The highest BCUT2D eigenvalue weighted by Crippen LogP contribution is 2.28. The summed E-state index contributed by atoms with van der Waals surface area (Å²) in [6.45, 7) is 2.43. The second-order valence-electron chi connectivity index (χ2n) is 6.74. The van der Waals surface area contributed by atoms with Crippen molar-refractivity contribution >= 4 is 22.4 Å². The van der Waals surface area contributed by atoms with Gasteiger partial charge in [0, 0.05) is 23.2 Å². The van der Waals surface area contributed by atoms with Crippen molar-refractivity contribution in [2.45, 2.75) is 13.3 Å². The molecule has 144 valence electrons. The number of amides is 1. The van der Waals surface area contributed by atoms with E-state index in [4.69, 9.17) is 4.98 Å². The Morgan fingerprint density at radius 1 is 0.897 bits per heavy atom. The monoisotopic (exact) mass is 399 g/mol. The quantitative estimate of drug-likeness (QED) is 0.436. The summed E-state index contributed by atoms with van der Waals surface area (Å²) in [6.07, 6.45) is 0.749. The molecule has 0 N–H and O–H groups in total. The van der Waals surface area contributed by atoms with Crippen molar-refractivity contribution in [3.05, 3.63) is 101 Å². The fourth-order valence-corrected chi connectivity index (χ4v) is 3.96.